The zero-order valence-electron chi connectivity index (χ0n) is 22.6. The van der Waals surface area contributed by atoms with Crippen LogP contribution in [0, 0.1) is 11.8 Å². The van der Waals surface area contributed by atoms with Gasteiger partial charge in [-0.3, -0.25) is 14.5 Å². The number of nitrogens with one attached hydrogen (secondary N) is 1. The monoisotopic (exact) mass is 480 g/mol. The SMILES string of the molecule is CC=C[C@@H]1C[C@@H](C(=O)OC(C)(C)C)N(C(=O)OC(C)(C)C)[C@H]1[C@@H](NC(C)=O)C(=O)C(CC)CC. The number of amides is 2. The molecule has 1 aliphatic rings. The molecule has 1 N–H and O–H groups in total. The van der Waals surface area contributed by atoms with Crippen molar-refractivity contribution < 1.29 is 28.7 Å². The predicted molar refractivity (Wildman–Crippen MR) is 131 cm³/mol. The molecule has 0 bridgehead atoms. The number of esters is 1. The molecule has 1 heterocycles. The number of allylic oxidation sites excluding steroid dienone is 1. The number of hydrogen-bond donors (Lipinski definition) is 1. The number of carbonyl (C=O) groups excluding carboxylic acids is 4. The Labute approximate surface area is 204 Å². The van der Waals surface area contributed by atoms with E-state index in [9.17, 15) is 19.2 Å². The lowest BCUT2D eigenvalue weighted by Gasteiger charge is -2.37. The second-order valence-corrected chi connectivity index (χ2v) is 10.9. The lowest BCUT2D eigenvalue weighted by molar-refractivity contribution is -0.161. The summed E-state index contributed by atoms with van der Waals surface area (Å²) in [6.07, 6.45) is 4.46. The number of nitrogens with zero attached hydrogens (tertiary/aromatic N) is 1. The van der Waals surface area contributed by atoms with Crippen molar-refractivity contribution in [2.45, 2.75) is 118 Å². The largest absolute Gasteiger partial charge is 0.458 e. The highest BCUT2D eigenvalue weighted by Gasteiger charge is 2.53. The lowest BCUT2D eigenvalue weighted by Crippen LogP contribution is -2.60. The summed E-state index contributed by atoms with van der Waals surface area (Å²) in [5.74, 6) is -1.74. The number of likely N-dealkylation sites (tertiary alicyclic amines) is 1. The van der Waals surface area contributed by atoms with Gasteiger partial charge in [0.25, 0.3) is 0 Å². The van der Waals surface area contributed by atoms with Crippen LogP contribution in [-0.4, -0.2) is 58.0 Å². The molecule has 8 nitrogen and oxygen atoms in total. The first-order chi connectivity index (χ1) is 15.6. The Hall–Kier alpha value is -2.38. The smallest absolute Gasteiger partial charge is 0.411 e. The van der Waals surface area contributed by atoms with Gasteiger partial charge in [0, 0.05) is 18.8 Å². The molecule has 4 atom stereocenters. The maximum atomic E-state index is 13.6. The molecule has 8 heteroatoms. The molecule has 2 amide bonds. The van der Waals surface area contributed by atoms with Crippen molar-refractivity contribution in [2.24, 2.45) is 11.8 Å². The van der Waals surface area contributed by atoms with Crippen LogP contribution < -0.4 is 5.32 Å². The van der Waals surface area contributed by atoms with E-state index in [0.29, 0.717) is 12.8 Å². The van der Waals surface area contributed by atoms with E-state index >= 15 is 0 Å². The number of rotatable bonds is 8. The molecule has 194 valence electrons. The van der Waals surface area contributed by atoms with Crippen LogP contribution in [0.2, 0.25) is 0 Å². The Morgan fingerprint density at radius 1 is 1.00 bits per heavy atom. The Bertz CT molecular complexity index is 773. The fourth-order valence-corrected chi connectivity index (χ4v) is 4.40. The minimum Gasteiger partial charge on any atom is -0.458 e. The maximum absolute atomic E-state index is 13.6. The molecule has 0 aromatic carbocycles. The molecule has 1 saturated heterocycles. The number of ether oxygens (including phenoxy) is 2. The van der Waals surface area contributed by atoms with E-state index in [1.807, 2.05) is 32.9 Å². The van der Waals surface area contributed by atoms with Gasteiger partial charge in [-0.1, -0.05) is 26.0 Å². The Kier molecular flexibility index (Phi) is 10.3. The predicted octanol–water partition coefficient (Wildman–Crippen LogP) is 4.41. The lowest BCUT2D eigenvalue weighted by atomic mass is 9.84. The summed E-state index contributed by atoms with van der Waals surface area (Å²) in [4.78, 5) is 53.8. The van der Waals surface area contributed by atoms with Crippen LogP contribution in [0.4, 0.5) is 4.79 Å². The molecular formula is C26H44N2O6. The van der Waals surface area contributed by atoms with E-state index in [1.54, 1.807) is 41.5 Å². The second kappa shape index (κ2) is 11.8. The van der Waals surface area contributed by atoms with Crippen molar-refractivity contribution in [3.63, 3.8) is 0 Å². The van der Waals surface area contributed by atoms with Gasteiger partial charge < -0.3 is 14.8 Å². The van der Waals surface area contributed by atoms with Gasteiger partial charge in [-0.15, -0.1) is 0 Å². The van der Waals surface area contributed by atoms with Gasteiger partial charge >= 0.3 is 12.1 Å². The number of hydrogen-bond acceptors (Lipinski definition) is 6. The summed E-state index contributed by atoms with van der Waals surface area (Å²) in [5, 5.41) is 2.79. The van der Waals surface area contributed by atoms with E-state index in [4.69, 9.17) is 9.47 Å². The molecule has 1 rings (SSSR count). The van der Waals surface area contributed by atoms with E-state index in [0.717, 1.165) is 0 Å². The van der Waals surface area contributed by atoms with E-state index in [2.05, 4.69) is 5.32 Å². The van der Waals surface area contributed by atoms with E-state index < -0.39 is 41.4 Å². The van der Waals surface area contributed by atoms with Gasteiger partial charge in [0.1, 0.15) is 23.3 Å². The summed E-state index contributed by atoms with van der Waals surface area (Å²) < 4.78 is 11.3. The third kappa shape index (κ3) is 8.13. The quantitative estimate of drug-likeness (QED) is 0.408. The molecule has 0 unspecified atom stereocenters. The first-order valence-electron chi connectivity index (χ1n) is 12.2. The zero-order chi connectivity index (χ0) is 26.4. The molecule has 0 aromatic heterocycles. The van der Waals surface area contributed by atoms with Crippen LogP contribution in [0.25, 0.3) is 0 Å². The maximum Gasteiger partial charge on any atom is 0.411 e. The molecule has 0 saturated carbocycles. The van der Waals surface area contributed by atoms with Gasteiger partial charge in [-0.25, -0.2) is 9.59 Å². The van der Waals surface area contributed by atoms with Crippen molar-refractivity contribution in [2.75, 3.05) is 0 Å². The minimum absolute atomic E-state index is 0.155. The standard InChI is InChI=1S/C26H44N2O6/c1-11-14-18-15-19(23(31)33-25(5,6)7)28(24(32)34-26(8,9)10)21(18)20(27-16(4)29)22(30)17(12-2)13-3/h11,14,17-21H,12-13,15H2,1-10H3,(H,27,29)/t18-,19+,20-,21-/m1/s1. The van der Waals surface area contributed by atoms with Gasteiger partial charge in [-0.2, -0.15) is 0 Å². The minimum atomic E-state index is -0.983. The van der Waals surface area contributed by atoms with Gasteiger partial charge in [0.05, 0.1) is 6.04 Å². The van der Waals surface area contributed by atoms with Gasteiger partial charge in [0.2, 0.25) is 5.91 Å². The van der Waals surface area contributed by atoms with Crippen molar-refractivity contribution >= 4 is 23.8 Å². The van der Waals surface area contributed by atoms with Crippen molar-refractivity contribution in [3.8, 4) is 0 Å². The molecular weight excluding hydrogens is 436 g/mol. The summed E-state index contributed by atoms with van der Waals surface area (Å²) in [6, 6.07) is -2.73. The Morgan fingerprint density at radius 2 is 1.53 bits per heavy atom. The Balaban J connectivity index is 3.66. The highest BCUT2D eigenvalue weighted by atomic mass is 16.6. The zero-order valence-corrected chi connectivity index (χ0v) is 22.6. The van der Waals surface area contributed by atoms with Crippen LogP contribution in [-0.2, 0) is 23.9 Å². The third-order valence-corrected chi connectivity index (χ3v) is 5.71. The average Bonchev–Trinajstić information content (AvgIpc) is 3.04. The second-order valence-electron chi connectivity index (χ2n) is 10.9. The molecule has 0 radical (unpaired) electrons. The molecule has 1 aliphatic heterocycles. The molecule has 34 heavy (non-hydrogen) atoms. The van der Waals surface area contributed by atoms with Crippen molar-refractivity contribution in [3.05, 3.63) is 12.2 Å². The fourth-order valence-electron chi connectivity index (χ4n) is 4.40. The highest BCUT2D eigenvalue weighted by molar-refractivity contribution is 5.92. The molecule has 0 aliphatic carbocycles. The number of ketones is 1. The van der Waals surface area contributed by atoms with Crippen LogP contribution >= 0.6 is 0 Å². The fraction of sp³-hybridized carbons (Fsp3) is 0.769. The number of carbonyl (C=O) groups is 4. The Morgan fingerprint density at radius 3 is 1.94 bits per heavy atom. The summed E-state index contributed by atoms with van der Waals surface area (Å²) in [5.41, 5.74) is -1.57. The van der Waals surface area contributed by atoms with Gasteiger partial charge in [-0.05, 0) is 67.7 Å². The van der Waals surface area contributed by atoms with Crippen LogP contribution in [0.15, 0.2) is 12.2 Å². The van der Waals surface area contributed by atoms with Crippen LogP contribution in [0.5, 0.6) is 0 Å². The average molecular weight is 481 g/mol. The first-order valence-corrected chi connectivity index (χ1v) is 12.2. The molecule has 0 aromatic rings. The highest BCUT2D eigenvalue weighted by Crippen LogP contribution is 2.37. The summed E-state index contributed by atoms with van der Waals surface area (Å²) in [6.45, 7) is 17.5. The first kappa shape index (κ1) is 29.7. The van der Waals surface area contributed by atoms with E-state index in [1.165, 1.54) is 11.8 Å². The molecule has 0 spiro atoms. The van der Waals surface area contributed by atoms with Gasteiger partial charge in [0.15, 0.2) is 5.78 Å². The normalized spacial score (nSPS) is 22.1. The summed E-state index contributed by atoms with van der Waals surface area (Å²) in [7, 11) is 0. The molecule has 1 fully saturated rings. The van der Waals surface area contributed by atoms with Crippen molar-refractivity contribution in [1.82, 2.24) is 10.2 Å². The van der Waals surface area contributed by atoms with E-state index in [-0.39, 0.29) is 29.9 Å². The van der Waals surface area contributed by atoms with Crippen LogP contribution in [0.1, 0.15) is 88.5 Å². The summed E-state index contributed by atoms with van der Waals surface area (Å²) >= 11 is 0. The van der Waals surface area contributed by atoms with Crippen molar-refractivity contribution in [1.29, 1.82) is 0 Å². The topological polar surface area (TPSA) is 102 Å². The van der Waals surface area contributed by atoms with Crippen LogP contribution in [0.3, 0.4) is 0 Å². The number of Topliss-reactive ketones (excluding diaryl/α,β-unsaturated/α-hetero) is 1. The third-order valence-electron chi connectivity index (χ3n) is 5.71.